The standard InChI is InChI=1S/C16H27N3O3/c1-5-17-16(19-12(2)11-21-3)18-9-8-13-6-7-14(22-4)10-15(13)20/h6-7,10,12,20H,5,8-9,11H2,1-4H3,(H2,17,18,19). The molecule has 22 heavy (non-hydrogen) atoms. The summed E-state index contributed by atoms with van der Waals surface area (Å²) in [7, 11) is 3.25. The molecule has 1 aromatic carbocycles. The number of phenolic OH excluding ortho intramolecular Hbond substituents is 1. The summed E-state index contributed by atoms with van der Waals surface area (Å²) >= 11 is 0. The lowest BCUT2D eigenvalue weighted by Crippen LogP contribution is -2.44. The second kappa shape index (κ2) is 9.89. The summed E-state index contributed by atoms with van der Waals surface area (Å²) in [6, 6.07) is 5.49. The molecule has 0 saturated heterocycles. The lowest BCUT2D eigenvalue weighted by atomic mass is 10.1. The third kappa shape index (κ3) is 6.22. The predicted molar refractivity (Wildman–Crippen MR) is 88.8 cm³/mol. The third-order valence-corrected chi connectivity index (χ3v) is 3.09. The Morgan fingerprint density at radius 3 is 2.73 bits per heavy atom. The maximum Gasteiger partial charge on any atom is 0.191 e. The van der Waals surface area contributed by atoms with E-state index in [1.54, 1.807) is 20.3 Å². The molecule has 6 heteroatoms. The number of phenols is 1. The van der Waals surface area contributed by atoms with Gasteiger partial charge in [0.25, 0.3) is 0 Å². The molecule has 0 aliphatic rings. The van der Waals surface area contributed by atoms with Gasteiger partial charge >= 0.3 is 0 Å². The quantitative estimate of drug-likeness (QED) is 0.502. The normalized spacial score (nSPS) is 12.8. The number of methoxy groups -OCH3 is 2. The van der Waals surface area contributed by atoms with E-state index in [9.17, 15) is 5.11 Å². The maximum atomic E-state index is 9.93. The monoisotopic (exact) mass is 309 g/mol. The number of nitrogens with one attached hydrogen (secondary N) is 2. The first-order valence-corrected chi connectivity index (χ1v) is 7.50. The Labute approximate surface area is 132 Å². The predicted octanol–water partition coefficient (Wildman–Crippen LogP) is 1.53. The van der Waals surface area contributed by atoms with Gasteiger partial charge in [-0.15, -0.1) is 0 Å². The molecule has 1 unspecified atom stereocenters. The average Bonchev–Trinajstić information content (AvgIpc) is 2.49. The van der Waals surface area contributed by atoms with Crippen LogP contribution in [0.2, 0.25) is 0 Å². The Bertz CT molecular complexity index is 478. The van der Waals surface area contributed by atoms with Gasteiger partial charge in [0.15, 0.2) is 5.96 Å². The number of hydrogen-bond donors (Lipinski definition) is 3. The number of nitrogens with zero attached hydrogens (tertiary/aromatic N) is 1. The largest absolute Gasteiger partial charge is 0.508 e. The number of aliphatic imine (C=N–C) groups is 1. The van der Waals surface area contributed by atoms with Crippen LogP contribution in [0, 0.1) is 0 Å². The van der Waals surface area contributed by atoms with Gasteiger partial charge in [-0.05, 0) is 31.9 Å². The molecule has 3 N–H and O–H groups in total. The highest BCUT2D eigenvalue weighted by atomic mass is 16.5. The zero-order valence-corrected chi connectivity index (χ0v) is 13.8. The minimum atomic E-state index is 0.178. The van der Waals surface area contributed by atoms with E-state index in [-0.39, 0.29) is 11.8 Å². The summed E-state index contributed by atoms with van der Waals surface area (Å²) in [5, 5.41) is 16.4. The van der Waals surface area contributed by atoms with Gasteiger partial charge < -0.3 is 25.2 Å². The minimum Gasteiger partial charge on any atom is -0.508 e. The number of rotatable bonds is 8. The Hall–Kier alpha value is -1.95. The molecule has 0 bridgehead atoms. The highest BCUT2D eigenvalue weighted by molar-refractivity contribution is 5.80. The van der Waals surface area contributed by atoms with E-state index in [0.717, 1.165) is 18.1 Å². The molecule has 0 saturated carbocycles. The van der Waals surface area contributed by atoms with Crippen LogP contribution in [0.1, 0.15) is 19.4 Å². The second-order valence-corrected chi connectivity index (χ2v) is 5.01. The molecule has 0 aromatic heterocycles. The van der Waals surface area contributed by atoms with Gasteiger partial charge in [0.05, 0.1) is 13.7 Å². The Morgan fingerprint density at radius 2 is 2.14 bits per heavy atom. The fraction of sp³-hybridized carbons (Fsp3) is 0.562. The highest BCUT2D eigenvalue weighted by Gasteiger charge is 2.05. The zero-order valence-electron chi connectivity index (χ0n) is 13.8. The molecule has 1 aromatic rings. The molecule has 0 spiro atoms. The SMILES string of the molecule is CCNC(=NCCc1ccc(OC)cc1O)NC(C)COC. The van der Waals surface area contributed by atoms with Crippen molar-refractivity contribution in [1.29, 1.82) is 0 Å². The topological polar surface area (TPSA) is 75.1 Å². The third-order valence-electron chi connectivity index (χ3n) is 3.09. The molecule has 6 nitrogen and oxygen atoms in total. The summed E-state index contributed by atoms with van der Waals surface area (Å²) in [4.78, 5) is 4.51. The van der Waals surface area contributed by atoms with E-state index >= 15 is 0 Å². The van der Waals surface area contributed by atoms with Crippen molar-refractivity contribution in [2.45, 2.75) is 26.3 Å². The molecule has 1 atom stereocenters. The number of benzene rings is 1. The van der Waals surface area contributed by atoms with Gasteiger partial charge in [0, 0.05) is 32.3 Å². The average molecular weight is 309 g/mol. The van der Waals surface area contributed by atoms with Crippen molar-refractivity contribution in [3.8, 4) is 11.5 Å². The van der Waals surface area contributed by atoms with Gasteiger partial charge in [0.2, 0.25) is 0 Å². The van der Waals surface area contributed by atoms with Crippen molar-refractivity contribution in [3.63, 3.8) is 0 Å². The van der Waals surface area contributed by atoms with Crippen molar-refractivity contribution in [2.75, 3.05) is 33.9 Å². The Kier molecular flexibility index (Phi) is 8.14. The van der Waals surface area contributed by atoms with Gasteiger partial charge in [-0.2, -0.15) is 0 Å². The maximum absolute atomic E-state index is 9.93. The van der Waals surface area contributed by atoms with Crippen LogP contribution in [0.3, 0.4) is 0 Å². The fourth-order valence-corrected chi connectivity index (χ4v) is 2.02. The minimum absolute atomic E-state index is 0.178. The van der Waals surface area contributed by atoms with Crippen molar-refractivity contribution >= 4 is 5.96 Å². The van der Waals surface area contributed by atoms with E-state index in [1.165, 1.54) is 0 Å². The molecule has 124 valence electrons. The van der Waals surface area contributed by atoms with E-state index < -0.39 is 0 Å². The molecular formula is C16H27N3O3. The highest BCUT2D eigenvalue weighted by Crippen LogP contribution is 2.23. The van der Waals surface area contributed by atoms with Gasteiger partial charge in [-0.25, -0.2) is 0 Å². The van der Waals surface area contributed by atoms with Crippen molar-refractivity contribution in [3.05, 3.63) is 23.8 Å². The van der Waals surface area contributed by atoms with Crippen LogP contribution in [0.4, 0.5) is 0 Å². The molecule has 0 radical (unpaired) electrons. The molecule has 0 heterocycles. The Balaban J connectivity index is 2.59. The van der Waals surface area contributed by atoms with Gasteiger partial charge in [0.1, 0.15) is 11.5 Å². The molecule has 0 aliphatic carbocycles. The zero-order chi connectivity index (χ0) is 16.4. The van der Waals surface area contributed by atoms with Crippen LogP contribution in [-0.4, -0.2) is 51.0 Å². The molecule has 0 aliphatic heterocycles. The van der Waals surface area contributed by atoms with Crippen LogP contribution >= 0.6 is 0 Å². The number of ether oxygens (including phenoxy) is 2. The molecule has 1 rings (SSSR count). The fourth-order valence-electron chi connectivity index (χ4n) is 2.02. The summed E-state index contributed by atoms with van der Waals surface area (Å²) < 4.78 is 10.2. The summed E-state index contributed by atoms with van der Waals surface area (Å²) in [6.45, 7) is 6.04. The lowest BCUT2D eigenvalue weighted by Gasteiger charge is -2.17. The first-order chi connectivity index (χ1) is 10.6. The molecule has 0 amide bonds. The van der Waals surface area contributed by atoms with E-state index in [2.05, 4.69) is 15.6 Å². The second-order valence-electron chi connectivity index (χ2n) is 5.01. The number of hydrogen-bond acceptors (Lipinski definition) is 4. The van der Waals surface area contributed by atoms with E-state index in [4.69, 9.17) is 9.47 Å². The van der Waals surface area contributed by atoms with Crippen LogP contribution in [0.5, 0.6) is 11.5 Å². The summed E-state index contributed by atoms with van der Waals surface area (Å²) in [6.07, 6.45) is 0.658. The first kappa shape index (κ1) is 18.1. The van der Waals surface area contributed by atoms with Gasteiger partial charge in [-0.1, -0.05) is 6.07 Å². The van der Waals surface area contributed by atoms with Crippen molar-refractivity contribution < 1.29 is 14.6 Å². The van der Waals surface area contributed by atoms with Crippen LogP contribution in [0.25, 0.3) is 0 Å². The Morgan fingerprint density at radius 1 is 1.36 bits per heavy atom. The summed E-state index contributed by atoms with van der Waals surface area (Å²) in [5.74, 6) is 1.63. The number of aromatic hydroxyl groups is 1. The first-order valence-electron chi connectivity index (χ1n) is 7.50. The smallest absolute Gasteiger partial charge is 0.191 e. The number of guanidine groups is 1. The van der Waals surface area contributed by atoms with Crippen molar-refractivity contribution in [2.24, 2.45) is 4.99 Å². The van der Waals surface area contributed by atoms with Crippen LogP contribution < -0.4 is 15.4 Å². The molecular weight excluding hydrogens is 282 g/mol. The summed E-state index contributed by atoms with van der Waals surface area (Å²) in [5.41, 5.74) is 0.852. The van der Waals surface area contributed by atoms with E-state index in [1.807, 2.05) is 26.0 Å². The van der Waals surface area contributed by atoms with E-state index in [0.29, 0.717) is 25.3 Å². The van der Waals surface area contributed by atoms with Gasteiger partial charge in [-0.3, -0.25) is 4.99 Å². The van der Waals surface area contributed by atoms with Crippen LogP contribution in [0.15, 0.2) is 23.2 Å². The van der Waals surface area contributed by atoms with Crippen LogP contribution in [-0.2, 0) is 11.2 Å². The lowest BCUT2D eigenvalue weighted by molar-refractivity contribution is 0.179. The molecule has 0 fully saturated rings. The van der Waals surface area contributed by atoms with Crippen molar-refractivity contribution in [1.82, 2.24) is 10.6 Å².